The summed E-state index contributed by atoms with van der Waals surface area (Å²) in [5.74, 6) is 1.06. The Morgan fingerprint density at radius 3 is 2.21 bits per heavy atom. The van der Waals surface area contributed by atoms with Crippen LogP contribution in [0.15, 0.2) is 66.1 Å². The van der Waals surface area contributed by atoms with Gasteiger partial charge >= 0.3 is 0 Å². The average molecular weight is 343 g/mol. The van der Waals surface area contributed by atoms with E-state index in [2.05, 4.69) is 0 Å². The van der Waals surface area contributed by atoms with Crippen molar-refractivity contribution in [3.05, 3.63) is 66.1 Å². The first kappa shape index (κ1) is 16.3. The summed E-state index contributed by atoms with van der Waals surface area (Å²) >= 11 is 0. The molecule has 0 aromatic heterocycles. The van der Waals surface area contributed by atoms with Crippen LogP contribution in [0.5, 0.6) is 11.5 Å². The monoisotopic (exact) mass is 343 g/mol. The van der Waals surface area contributed by atoms with Gasteiger partial charge in [0.2, 0.25) is 5.91 Å². The van der Waals surface area contributed by atoms with Gasteiger partial charge in [-0.15, -0.1) is 0 Å². The molecule has 0 bridgehead atoms. The molecule has 2 aromatic rings. The summed E-state index contributed by atoms with van der Waals surface area (Å²) in [6.45, 7) is 1.42. The van der Waals surface area contributed by atoms with Crippen molar-refractivity contribution in [2.24, 2.45) is 0 Å². The lowest BCUT2D eigenvalue weighted by atomic mass is 10.2. The number of ether oxygens (including phenoxy) is 1. The van der Waals surface area contributed by atoms with E-state index in [9.17, 15) is 13.2 Å². The minimum atomic E-state index is -3.23. The van der Waals surface area contributed by atoms with Crippen molar-refractivity contribution >= 4 is 21.4 Å². The molecule has 124 valence electrons. The Morgan fingerprint density at radius 2 is 1.67 bits per heavy atom. The molecular formula is C18H17NO4S. The van der Waals surface area contributed by atoms with Crippen LogP contribution in [-0.4, -0.2) is 26.1 Å². The lowest BCUT2D eigenvalue weighted by molar-refractivity contribution is -0.116. The smallest absolute Gasteiger partial charge is 0.224 e. The maximum Gasteiger partial charge on any atom is 0.224 e. The fourth-order valence-electron chi connectivity index (χ4n) is 2.63. The molecule has 6 heteroatoms. The third kappa shape index (κ3) is 3.65. The highest BCUT2D eigenvalue weighted by atomic mass is 32.2. The van der Waals surface area contributed by atoms with Crippen LogP contribution in [0.25, 0.3) is 0 Å². The average Bonchev–Trinajstić information content (AvgIpc) is 2.89. The maximum absolute atomic E-state index is 12.0. The Morgan fingerprint density at radius 1 is 1.04 bits per heavy atom. The SMILES string of the molecule is CC(=O)N(c1ccc(Oc2ccccc2)cc1)[C@H]1C=CS(=O)(=O)C1. The van der Waals surface area contributed by atoms with Gasteiger partial charge in [-0.3, -0.25) is 4.79 Å². The predicted molar refractivity (Wildman–Crippen MR) is 92.8 cm³/mol. The number of benzene rings is 2. The van der Waals surface area contributed by atoms with E-state index in [1.807, 2.05) is 30.3 Å². The Labute approximate surface area is 141 Å². The normalized spacial score (nSPS) is 18.3. The largest absolute Gasteiger partial charge is 0.457 e. The van der Waals surface area contributed by atoms with Gasteiger partial charge in [0.25, 0.3) is 0 Å². The molecule has 1 aliphatic heterocycles. The summed E-state index contributed by atoms with van der Waals surface area (Å²) in [5.41, 5.74) is 0.634. The lowest BCUT2D eigenvalue weighted by Gasteiger charge is -2.26. The Bertz CT molecular complexity index is 858. The second-order valence-corrected chi connectivity index (χ2v) is 7.45. The molecule has 1 atom stereocenters. The van der Waals surface area contributed by atoms with Crippen LogP contribution in [0, 0.1) is 0 Å². The van der Waals surface area contributed by atoms with Gasteiger partial charge in [-0.25, -0.2) is 8.42 Å². The zero-order chi connectivity index (χ0) is 17.2. The molecule has 2 aromatic carbocycles. The number of carbonyl (C=O) groups is 1. The van der Waals surface area contributed by atoms with Gasteiger partial charge in [0.1, 0.15) is 11.5 Å². The number of nitrogens with zero attached hydrogens (tertiary/aromatic N) is 1. The molecule has 0 unspecified atom stereocenters. The third-order valence-corrected chi connectivity index (χ3v) is 5.05. The Balaban J connectivity index is 1.80. The molecular weight excluding hydrogens is 326 g/mol. The molecule has 3 rings (SSSR count). The van der Waals surface area contributed by atoms with Gasteiger partial charge in [0.05, 0.1) is 11.8 Å². The van der Waals surface area contributed by atoms with E-state index in [0.29, 0.717) is 11.4 Å². The second-order valence-electron chi connectivity index (χ2n) is 5.52. The van der Waals surface area contributed by atoms with Gasteiger partial charge in [-0.05, 0) is 42.5 Å². The van der Waals surface area contributed by atoms with Crippen molar-refractivity contribution in [1.29, 1.82) is 0 Å². The summed E-state index contributed by atoms with van der Waals surface area (Å²) in [4.78, 5) is 13.5. The second kappa shape index (κ2) is 6.49. The van der Waals surface area contributed by atoms with Crippen LogP contribution >= 0.6 is 0 Å². The van der Waals surface area contributed by atoms with Crippen LogP contribution in [-0.2, 0) is 14.6 Å². The predicted octanol–water partition coefficient (Wildman–Crippen LogP) is 3.14. The molecule has 0 fully saturated rings. The molecule has 5 nitrogen and oxygen atoms in total. The summed E-state index contributed by atoms with van der Waals surface area (Å²) in [5, 5.41) is 1.17. The first-order chi connectivity index (χ1) is 11.4. The highest BCUT2D eigenvalue weighted by molar-refractivity contribution is 7.94. The summed E-state index contributed by atoms with van der Waals surface area (Å²) < 4.78 is 28.9. The first-order valence-corrected chi connectivity index (χ1v) is 9.20. The van der Waals surface area contributed by atoms with Gasteiger partial charge in [-0.1, -0.05) is 18.2 Å². The number of sulfone groups is 1. The highest BCUT2D eigenvalue weighted by Gasteiger charge is 2.29. The minimum absolute atomic E-state index is 0.0884. The van der Waals surface area contributed by atoms with E-state index in [1.165, 1.54) is 17.2 Å². The number of anilines is 1. The number of rotatable bonds is 4. The Kier molecular flexibility index (Phi) is 4.40. The van der Waals surface area contributed by atoms with Crippen molar-refractivity contribution in [3.63, 3.8) is 0 Å². The van der Waals surface area contributed by atoms with E-state index < -0.39 is 15.9 Å². The Hall–Kier alpha value is -2.60. The molecule has 0 saturated heterocycles. The molecule has 0 aliphatic carbocycles. The number of carbonyl (C=O) groups excluding carboxylic acids is 1. The van der Waals surface area contributed by atoms with Gasteiger partial charge in [0.15, 0.2) is 9.84 Å². The van der Waals surface area contributed by atoms with Crippen LogP contribution in [0.4, 0.5) is 5.69 Å². The standard InChI is InChI=1S/C18H17NO4S/c1-14(20)19(16-11-12-24(21,22)13-16)15-7-9-18(10-8-15)23-17-5-3-2-4-6-17/h2-12,16H,13H2,1H3/t16-/m0/s1. The topological polar surface area (TPSA) is 63.7 Å². The number of para-hydroxylation sites is 1. The van der Waals surface area contributed by atoms with Crippen LogP contribution in [0.2, 0.25) is 0 Å². The fourth-order valence-corrected chi connectivity index (χ4v) is 3.89. The summed E-state index contributed by atoms with van der Waals surface area (Å²) in [6, 6.07) is 15.9. The summed E-state index contributed by atoms with van der Waals surface area (Å²) in [7, 11) is -3.23. The van der Waals surface area contributed by atoms with Crippen molar-refractivity contribution in [1.82, 2.24) is 0 Å². The fraction of sp³-hybridized carbons (Fsp3) is 0.167. The molecule has 1 amide bonds. The van der Waals surface area contributed by atoms with E-state index in [-0.39, 0.29) is 11.7 Å². The third-order valence-electron chi connectivity index (χ3n) is 3.68. The van der Waals surface area contributed by atoms with Crippen molar-refractivity contribution < 1.29 is 17.9 Å². The van der Waals surface area contributed by atoms with Crippen LogP contribution < -0.4 is 9.64 Å². The molecule has 24 heavy (non-hydrogen) atoms. The summed E-state index contributed by atoms with van der Waals surface area (Å²) in [6.07, 6.45) is 1.55. The molecule has 1 heterocycles. The van der Waals surface area contributed by atoms with E-state index in [4.69, 9.17) is 4.74 Å². The van der Waals surface area contributed by atoms with Crippen LogP contribution in [0.3, 0.4) is 0 Å². The minimum Gasteiger partial charge on any atom is -0.457 e. The molecule has 0 radical (unpaired) electrons. The van der Waals surface area contributed by atoms with Gasteiger partial charge in [-0.2, -0.15) is 0 Å². The maximum atomic E-state index is 12.0. The number of hydrogen-bond acceptors (Lipinski definition) is 4. The molecule has 0 N–H and O–H groups in total. The van der Waals surface area contributed by atoms with Gasteiger partial charge < -0.3 is 9.64 Å². The van der Waals surface area contributed by atoms with Crippen molar-refractivity contribution in [2.75, 3.05) is 10.7 Å². The highest BCUT2D eigenvalue weighted by Crippen LogP contribution is 2.27. The first-order valence-electron chi connectivity index (χ1n) is 7.48. The van der Waals surface area contributed by atoms with Crippen molar-refractivity contribution in [2.45, 2.75) is 13.0 Å². The van der Waals surface area contributed by atoms with Gasteiger partial charge in [0, 0.05) is 18.0 Å². The quantitative estimate of drug-likeness (QED) is 0.855. The molecule has 0 saturated carbocycles. The zero-order valence-electron chi connectivity index (χ0n) is 13.1. The number of amides is 1. The van der Waals surface area contributed by atoms with Crippen molar-refractivity contribution in [3.8, 4) is 11.5 Å². The van der Waals surface area contributed by atoms with E-state index >= 15 is 0 Å². The van der Waals surface area contributed by atoms with E-state index in [1.54, 1.807) is 30.3 Å². The number of hydrogen-bond donors (Lipinski definition) is 0. The lowest BCUT2D eigenvalue weighted by Crippen LogP contribution is -2.39. The van der Waals surface area contributed by atoms with E-state index in [0.717, 1.165) is 5.75 Å². The van der Waals surface area contributed by atoms with Crippen LogP contribution in [0.1, 0.15) is 6.92 Å². The molecule has 0 spiro atoms. The zero-order valence-corrected chi connectivity index (χ0v) is 13.9. The molecule has 1 aliphatic rings.